The largest absolute Gasteiger partial charge is 0.480 e. The summed E-state index contributed by atoms with van der Waals surface area (Å²) in [4.78, 5) is 40.4. The number of aliphatic carboxylic acids is 1. The molecule has 130 valence electrons. The van der Waals surface area contributed by atoms with Gasteiger partial charge in [0, 0.05) is 19.0 Å². The van der Waals surface area contributed by atoms with Crippen LogP contribution in [-0.2, 0) is 14.4 Å². The van der Waals surface area contributed by atoms with Crippen LogP contribution in [0, 0.1) is 11.8 Å². The Morgan fingerprint density at radius 3 is 2.35 bits per heavy atom. The van der Waals surface area contributed by atoms with E-state index in [1.54, 1.807) is 4.90 Å². The molecule has 0 aromatic rings. The van der Waals surface area contributed by atoms with Gasteiger partial charge in [0.2, 0.25) is 11.8 Å². The van der Waals surface area contributed by atoms with Crippen molar-refractivity contribution in [2.45, 2.75) is 65.0 Å². The second-order valence-corrected chi connectivity index (χ2v) is 7.51. The van der Waals surface area contributed by atoms with Crippen molar-refractivity contribution in [1.29, 1.82) is 0 Å². The Kier molecular flexibility index (Phi) is 5.01. The van der Waals surface area contributed by atoms with Gasteiger partial charge in [-0.2, -0.15) is 0 Å². The Morgan fingerprint density at radius 1 is 1.17 bits per heavy atom. The van der Waals surface area contributed by atoms with E-state index < -0.39 is 17.6 Å². The number of carboxylic acids is 1. The number of carboxylic acid groups (broad SMARTS) is 1. The summed E-state index contributed by atoms with van der Waals surface area (Å²) in [6, 6.07) is -0.793. The molecule has 2 aliphatic rings. The number of likely N-dealkylation sites (tertiary alicyclic amines) is 2. The Balaban J connectivity index is 2.26. The minimum atomic E-state index is -0.955. The van der Waals surface area contributed by atoms with Gasteiger partial charge in [0.25, 0.3) is 0 Å². The molecule has 1 N–H and O–H groups in total. The van der Waals surface area contributed by atoms with Gasteiger partial charge < -0.3 is 14.9 Å². The smallest absolute Gasteiger partial charge is 0.326 e. The first-order valence-electron chi connectivity index (χ1n) is 8.56. The summed E-state index contributed by atoms with van der Waals surface area (Å²) in [5.41, 5.74) is -0.800. The Bertz CT molecular complexity index is 503. The third-order valence-corrected chi connectivity index (χ3v) is 5.03. The maximum atomic E-state index is 13.1. The Labute approximate surface area is 137 Å². The van der Waals surface area contributed by atoms with Crippen LogP contribution in [0.5, 0.6) is 0 Å². The quantitative estimate of drug-likeness (QED) is 0.835. The van der Waals surface area contributed by atoms with Crippen LogP contribution in [0.3, 0.4) is 0 Å². The lowest BCUT2D eigenvalue weighted by molar-refractivity contribution is -0.154. The van der Waals surface area contributed by atoms with E-state index in [4.69, 9.17) is 0 Å². The molecule has 2 heterocycles. The SMILES string of the molecule is CC(C)C[C@H](C(=O)O)N1CC[C@]2(CCCN2C(=O)C(C)C)C1=O. The summed E-state index contributed by atoms with van der Waals surface area (Å²) in [6.07, 6.45) is 2.44. The van der Waals surface area contributed by atoms with E-state index in [-0.39, 0.29) is 23.7 Å². The van der Waals surface area contributed by atoms with E-state index >= 15 is 0 Å². The molecule has 2 amide bonds. The van der Waals surface area contributed by atoms with Gasteiger partial charge in [0.05, 0.1) is 0 Å². The van der Waals surface area contributed by atoms with Crippen molar-refractivity contribution in [3.05, 3.63) is 0 Å². The van der Waals surface area contributed by atoms with Crippen LogP contribution in [0.2, 0.25) is 0 Å². The van der Waals surface area contributed by atoms with Gasteiger partial charge in [-0.05, 0) is 31.6 Å². The summed E-state index contributed by atoms with van der Waals surface area (Å²) < 4.78 is 0. The zero-order valence-corrected chi connectivity index (χ0v) is 14.5. The molecule has 6 nitrogen and oxygen atoms in total. The molecular weight excluding hydrogens is 296 g/mol. The molecule has 2 atom stereocenters. The molecule has 0 bridgehead atoms. The number of rotatable bonds is 5. The summed E-state index contributed by atoms with van der Waals surface area (Å²) in [6.45, 7) is 8.60. The highest BCUT2D eigenvalue weighted by atomic mass is 16.4. The van der Waals surface area contributed by atoms with Crippen molar-refractivity contribution in [1.82, 2.24) is 9.80 Å². The van der Waals surface area contributed by atoms with Gasteiger partial charge in [-0.1, -0.05) is 27.7 Å². The number of carbonyl (C=O) groups is 3. The van der Waals surface area contributed by atoms with Crippen molar-refractivity contribution in [2.24, 2.45) is 11.8 Å². The topological polar surface area (TPSA) is 77.9 Å². The second kappa shape index (κ2) is 6.49. The first-order valence-corrected chi connectivity index (χ1v) is 8.56. The molecule has 0 aliphatic carbocycles. The highest BCUT2D eigenvalue weighted by Gasteiger charge is 2.56. The fraction of sp³-hybridized carbons (Fsp3) is 0.824. The van der Waals surface area contributed by atoms with Crippen molar-refractivity contribution in [2.75, 3.05) is 13.1 Å². The van der Waals surface area contributed by atoms with Crippen molar-refractivity contribution in [3.63, 3.8) is 0 Å². The molecule has 0 saturated carbocycles. The van der Waals surface area contributed by atoms with Gasteiger partial charge >= 0.3 is 5.97 Å². The summed E-state index contributed by atoms with van der Waals surface area (Å²) in [5, 5.41) is 9.52. The number of nitrogens with zero attached hydrogens (tertiary/aromatic N) is 2. The predicted octanol–water partition coefficient (Wildman–Crippen LogP) is 1.74. The first kappa shape index (κ1) is 17.8. The van der Waals surface area contributed by atoms with E-state index in [1.807, 2.05) is 27.7 Å². The van der Waals surface area contributed by atoms with E-state index in [0.29, 0.717) is 32.4 Å². The molecule has 0 radical (unpaired) electrons. The molecule has 2 rings (SSSR count). The lowest BCUT2D eigenvalue weighted by Gasteiger charge is -2.35. The zero-order chi connectivity index (χ0) is 17.4. The number of amides is 2. The standard InChI is InChI=1S/C17H28N2O4/c1-11(2)10-13(15(21)22)18-9-7-17(16(18)23)6-5-8-19(17)14(20)12(3)4/h11-13H,5-10H2,1-4H3,(H,21,22)/t13-,17-/m1/s1. The van der Waals surface area contributed by atoms with Crippen LogP contribution in [0.4, 0.5) is 0 Å². The minimum Gasteiger partial charge on any atom is -0.480 e. The van der Waals surface area contributed by atoms with Crippen LogP contribution in [-0.4, -0.2) is 57.4 Å². The van der Waals surface area contributed by atoms with Gasteiger partial charge in [0.1, 0.15) is 11.6 Å². The highest BCUT2D eigenvalue weighted by Crippen LogP contribution is 2.40. The number of carbonyl (C=O) groups excluding carboxylic acids is 2. The maximum absolute atomic E-state index is 13.1. The van der Waals surface area contributed by atoms with Gasteiger partial charge in [-0.25, -0.2) is 4.79 Å². The summed E-state index contributed by atoms with van der Waals surface area (Å²) >= 11 is 0. The minimum absolute atomic E-state index is 0.00608. The molecule has 2 aliphatic heterocycles. The molecule has 1 spiro atoms. The first-order chi connectivity index (χ1) is 10.7. The second-order valence-electron chi connectivity index (χ2n) is 7.51. The monoisotopic (exact) mass is 324 g/mol. The number of hydrogen-bond donors (Lipinski definition) is 1. The molecule has 0 unspecified atom stereocenters. The van der Waals surface area contributed by atoms with Crippen LogP contribution in [0.25, 0.3) is 0 Å². The fourth-order valence-corrected chi connectivity index (χ4v) is 3.88. The normalized spacial score (nSPS) is 25.9. The van der Waals surface area contributed by atoms with E-state index in [1.165, 1.54) is 4.90 Å². The molecule has 2 fully saturated rings. The third kappa shape index (κ3) is 3.08. The van der Waals surface area contributed by atoms with Crippen molar-refractivity contribution < 1.29 is 19.5 Å². The van der Waals surface area contributed by atoms with Crippen LogP contribution >= 0.6 is 0 Å². The fourth-order valence-electron chi connectivity index (χ4n) is 3.88. The molecule has 23 heavy (non-hydrogen) atoms. The van der Waals surface area contributed by atoms with Crippen molar-refractivity contribution >= 4 is 17.8 Å². The summed E-state index contributed by atoms with van der Waals surface area (Å²) in [7, 11) is 0. The van der Waals surface area contributed by atoms with E-state index in [2.05, 4.69) is 0 Å². The van der Waals surface area contributed by atoms with Crippen LogP contribution in [0.1, 0.15) is 53.4 Å². The molecule has 2 saturated heterocycles. The van der Waals surface area contributed by atoms with Crippen LogP contribution < -0.4 is 0 Å². The predicted molar refractivity (Wildman–Crippen MR) is 85.7 cm³/mol. The maximum Gasteiger partial charge on any atom is 0.326 e. The van der Waals surface area contributed by atoms with Gasteiger partial charge in [-0.3, -0.25) is 9.59 Å². The molecular formula is C17H28N2O4. The zero-order valence-electron chi connectivity index (χ0n) is 14.5. The third-order valence-electron chi connectivity index (χ3n) is 5.03. The Morgan fingerprint density at radius 2 is 1.83 bits per heavy atom. The van der Waals surface area contributed by atoms with E-state index in [9.17, 15) is 19.5 Å². The average Bonchev–Trinajstić information content (AvgIpc) is 3.02. The lowest BCUT2D eigenvalue weighted by atomic mass is 9.93. The van der Waals surface area contributed by atoms with Crippen LogP contribution in [0.15, 0.2) is 0 Å². The molecule has 6 heteroatoms. The van der Waals surface area contributed by atoms with Crippen molar-refractivity contribution in [3.8, 4) is 0 Å². The Hall–Kier alpha value is -1.59. The lowest BCUT2D eigenvalue weighted by Crippen LogP contribution is -2.55. The number of hydrogen-bond acceptors (Lipinski definition) is 3. The highest BCUT2D eigenvalue weighted by molar-refractivity contribution is 5.96. The van der Waals surface area contributed by atoms with E-state index in [0.717, 1.165) is 6.42 Å². The van der Waals surface area contributed by atoms with Gasteiger partial charge in [-0.15, -0.1) is 0 Å². The molecule has 0 aromatic carbocycles. The summed E-state index contributed by atoms with van der Waals surface area (Å²) in [5.74, 6) is -1.09. The van der Waals surface area contributed by atoms with Gasteiger partial charge in [0.15, 0.2) is 0 Å². The average molecular weight is 324 g/mol. The molecule has 0 aromatic heterocycles.